The number of hydrogen-bond donors (Lipinski definition) is 2. The maximum Gasteiger partial charge on any atom is 0.253 e. The molecule has 0 spiro atoms. The van der Waals surface area contributed by atoms with Crippen LogP contribution in [0.15, 0.2) is 54.6 Å². The molecule has 3 rings (SSSR count). The molecule has 1 saturated heterocycles. The van der Waals surface area contributed by atoms with Crippen molar-refractivity contribution in [3.63, 3.8) is 0 Å². The van der Waals surface area contributed by atoms with Gasteiger partial charge in [-0.15, -0.1) is 0 Å². The Balaban J connectivity index is 1.58. The first-order valence-corrected chi connectivity index (χ1v) is 9.46. The summed E-state index contributed by atoms with van der Waals surface area (Å²) in [4.78, 5) is 38.8. The lowest BCUT2D eigenvalue weighted by molar-refractivity contribution is -0.131. The second-order valence-electron chi connectivity index (χ2n) is 7.19. The third kappa shape index (κ3) is 4.57. The highest BCUT2D eigenvalue weighted by Crippen LogP contribution is 2.21. The molecule has 0 aromatic heterocycles. The van der Waals surface area contributed by atoms with E-state index in [2.05, 4.69) is 5.32 Å². The predicted octanol–water partition coefficient (Wildman–Crippen LogP) is 2.19. The van der Waals surface area contributed by atoms with Crippen molar-refractivity contribution in [2.24, 2.45) is 11.7 Å². The third-order valence-electron chi connectivity index (χ3n) is 5.16. The Morgan fingerprint density at radius 2 is 1.61 bits per heavy atom. The highest BCUT2D eigenvalue weighted by Gasteiger charge is 2.30. The second-order valence-corrected chi connectivity index (χ2v) is 7.19. The van der Waals surface area contributed by atoms with Gasteiger partial charge >= 0.3 is 0 Å². The van der Waals surface area contributed by atoms with E-state index in [0.717, 1.165) is 5.56 Å². The van der Waals surface area contributed by atoms with E-state index in [9.17, 15) is 14.4 Å². The summed E-state index contributed by atoms with van der Waals surface area (Å²) in [6, 6.07) is 15.6. The number of aryl methyl sites for hydroxylation is 1. The van der Waals surface area contributed by atoms with Gasteiger partial charge in [0.2, 0.25) is 11.8 Å². The predicted molar refractivity (Wildman–Crippen MR) is 106 cm³/mol. The molecule has 0 saturated carbocycles. The van der Waals surface area contributed by atoms with Crippen LogP contribution < -0.4 is 11.1 Å². The van der Waals surface area contributed by atoms with Gasteiger partial charge in [-0.25, -0.2) is 0 Å². The Morgan fingerprint density at radius 1 is 1.00 bits per heavy atom. The molecule has 0 bridgehead atoms. The smallest absolute Gasteiger partial charge is 0.253 e. The minimum atomic E-state index is -0.846. The Hall–Kier alpha value is -3.15. The number of benzene rings is 2. The quantitative estimate of drug-likeness (QED) is 0.834. The highest BCUT2D eigenvalue weighted by atomic mass is 16.2. The number of nitrogens with two attached hydrogens (primary N) is 1. The molecule has 2 aromatic rings. The molecule has 3 amide bonds. The van der Waals surface area contributed by atoms with E-state index in [1.807, 2.05) is 37.3 Å². The van der Waals surface area contributed by atoms with Crippen molar-refractivity contribution >= 4 is 17.7 Å². The van der Waals surface area contributed by atoms with E-state index < -0.39 is 11.9 Å². The van der Waals surface area contributed by atoms with Gasteiger partial charge < -0.3 is 16.0 Å². The zero-order valence-electron chi connectivity index (χ0n) is 15.9. The Bertz CT molecular complexity index is 841. The molecule has 1 atom stereocenters. The van der Waals surface area contributed by atoms with Crippen molar-refractivity contribution in [3.05, 3.63) is 71.3 Å². The second kappa shape index (κ2) is 8.69. The number of hydrogen-bond acceptors (Lipinski definition) is 3. The van der Waals surface area contributed by atoms with Crippen molar-refractivity contribution in [2.75, 3.05) is 13.1 Å². The molecule has 6 heteroatoms. The van der Waals surface area contributed by atoms with E-state index in [4.69, 9.17) is 5.73 Å². The van der Waals surface area contributed by atoms with Crippen molar-refractivity contribution in [1.29, 1.82) is 0 Å². The maximum atomic E-state index is 12.6. The Kier molecular flexibility index (Phi) is 6.09. The number of primary amides is 1. The third-order valence-corrected chi connectivity index (χ3v) is 5.16. The first kappa shape index (κ1) is 19.6. The molecule has 0 aliphatic carbocycles. The minimum absolute atomic E-state index is 0.0156. The largest absolute Gasteiger partial charge is 0.368 e. The lowest BCUT2D eigenvalue weighted by Crippen LogP contribution is -2.45. The highest BCUT2D eigenvalue weighted by molar-refractivity contribution is 5.94. The van der Waals surface area contributed by atoms with Gasteiger partial charge in [0.1, 0.15) is 6.04 Å². The minimum Gasteiger partial charge on any atom is -0.368 e. The Morgan fingerprint density at radius 3 is 2.18 bits per heavy atom. The van der Waals surface area contributed by atoms with E-state index in [1.54, 1.807) is 29.2 Å². The monoisotopic (exact) mass is 379 g/mol. The summed E-state index contributed by atoms with van der Waals surface area (Å²) in [6.07, 6.45) is 1.12. The zero-order chi connectivity index (χ0) is 20.1. The van der Waals surface area contributed by atoms with E-state index in [-0.39, 0.29) is 17.7 Å². The van der Waals surface area contributed by atoms with Gasteiger partial charge in [-0.2, -0.15) is 0 Å². The molecular weight excluding hydrogens is 354 g/mol. The van der Waals surface area contributed by atoms with Crippen LogP contribution >= 0.6 is 0 Å². The molecule has 146 valence electrons. The van der Waals surface area contributed by atoms with E-state index in [0.29, 0.717) is 37.1 Å². The molecule has 1 heterocycles. The van der Waals surface area contributed by atoms with Gasteiger partial charge in [-0.05, 0) is 37.5 Å². The van der Waals surface area contributed by atoms with Crippen LogP contribution in [-0.4, -0.2) is 35.7 Å². The summed E-state index contributed by atoms with van der Waals surface area (Å²) < 4.78 is 0. The van der Waals surface area contributed by atoms with Crippen LogP contribution in [0, 0.1) is 12.8 Å². The first-order valence-electron chi connectivity index (χ1n) is 9.46. The summed E-state index contributed by atoms with van der Waals surface area (Å²) in [5.41, 5.74) is 7.90. The van der Waals surface area contributed by atoms with Gasteiger partial charge in [0.05, 0.1) is 0 Å². The molecule has 1 unspecified atom stereocenters. The summed E-state index contributed by atoms with van der Waals surface area (Å²) in [7, 11) is 0. The normalized spacial score (nSPS) is 15.7. The Labute approximate surface area is 164 Å². The number of amides is 3. The first-order chi connectivity index (χ1) is 13.5. The van der Waals surface area contributed by atoms with E-state index >= 15 is 0 Å². The summed E-state index contributed by atoms with van der Waals surface area (Å²) in [5, 5.41) is 2.77. The molecule has 2 aromatic carbocycles. The number of nitrogens with one attached hydrogen (secondary N) is 1. The summed E-state index contributed by atoms with van der Waals surface area (Å²) >= 11 is 0. The molecule has 28 heavy (non-hydrogen) atoms. The van der Waals surface area contributed by atoms with Crippen LogP contribution in [0.4, 0.5) is 0 Å². The van der Waals surface area contributed by atoms with Gasteiger partial charge in [0.25, 0.3) is 5.91 Å². The molecular formula is C22H25N3O3. The number of carbonyl (C=O) groups is 3. The number of nitrogens with zero attached hydrogens (tertiary/aromatic N) is 1. The molecule has 0 radical (unpaired) electrons. The fraction of sp³-hybridized carbons (Fsp3) is 0.318. The average Bonchev–Trinajstić information content (AvgIpc) is 2.72. The van der Waals surface area contributed by atoms with Gasteiger partial charge in [-0.3, -0.25) is 14.4 Å². The lowest BCUT2D eigenvalue weighted by Gasteiger charge is -2.32. The SMILES string of the molecule is Cc1ccc(C(=O)N2CCC(C(=O)NC(C(N)=O)c3ccccc3)CC2)cc1. The number of carbonyl (C=O) groups excluding carboxylic acids is 3. The maximum absolute atomic E-state index is 12.6. The lowest BCUT2D eigenvalue weighted by atomic mass is 9.94. The zero-order valence-corrected chi connectivity index (χ0v) is 15.9. The topological polar surface area (TPSA) is 92.5 Å². The van der Waals surface area contributed by atoms with Crippen LogP contribution in [0.1, 0.15) is 40.4 Å². The summed E-state index contributed by atoms with van der Waals surface area (Å²) in [6.45, 7) is 3.00. The molecule has 1 aliphatic rings. The van der Waals surface area contributed by atoms with Crippen molar-refractivity contribution in [2.45, 2.75) is 25.8 Å². The number of likely N-dealkylation sites (tertiary alicyclic amines) is 1. The fourth-order valence-corrected chi connectivity index (χ4v) is 3.45. The van der Waals surface area contributed by atoms with Crippen LogP contribution in [-0.2, 0) is 9.59 Å². The number of piperidine rings is 1. The molecule has 1 aliphatic heterocycles. The van der Waals surface area contributed by atoms with Crippen molar-refractivity contribution in [3.8, 4) is 0 Å². The van der Waals surface area contributed by atoms with Gasteiger partial charge in [0.15, 0.2) is 0 Å². The van der Waals surface area contributed by atoms with Gasteiger partial charge in [-0.1, -0.05) is 48.0 Å². The number of rotatable bonds is 5. The summed E-state index contributed by atoms with van der Waals surface area (Å²) in [5.74, 6) is -1.05. The van der Waals surface area contributed by atoms with Crippen molar-refractivity contribution < 1.29 is 14.4 Å². The van der Waals surface area contributed by atoms with Crippen LogP contribution in [0.5, 0.6) is 0 Å². The van der Waals surface area contributed by atoms with Crippen molar-refractivity contribution in [1.82, 2.24) is 10.2 Å². The van der Waals surface area contributed by atoms with Gasteiger partial charge in [0, 0.05) is 24.6 Å². The van der Waals surface area contributed by atoms with E-state index in [1.165, 1.54) is 0 Å². The molecule has 1 fully saturated rings. The standard InChI is InChI=1S/C22H25N3O3/c1-15-7-9-18(10-8-15)22(28)25-13-11-17(12-14-25)21(27)24-19(20(23)26)16-5-3-2-4-6-16/h2-10,17,19H,11-14H2,1H3,(H2,23,26)(H,24,27). The van der Waals surface area contributed by atoms with Crippen LogP contribution in [0.2, 0.25) is 0 Å². The molecule has 3 N–H and O–H groups in total. The molecule has 6 nitrogen and oxygen atoms in total. The van der Waals surface area contributed by atoms with Crippen LogP contribution in [0.3, 0.4) is 0 Å². The average molecular weight is 379 g/mol. The fourth-order valence-electron chi connectivity index (χ4n) is 3.45. The van der Waals surface area contributed by atoms with Crippen LogP contribution in [0.25, 0.3) is 0 Å².